The van der Waals surface area contributed by atoms with Crippen LogP contribution < -0.4 is 0 Å². The van der Waals surface area contributed by atoms with Gasteiger partial charge in [-0.05, 0) is 51.4 Å². The maximum atomic E-state index is 4.79. The Bertz CT molecular complexity index is 556. The van der Waals surface area contributed by atoms with Crippen molar-refractivity contribution in [2.75, 3.05) is 13.1 Å². The summed E-state index contributed by atoms with van der Waals surface area (Å²) in [5.41, 5.74) is 3.60. The van der Waals surface area contributed by atoms with E-state index in [4.69, 9.17) is 4.98 Å². The minimum Gasteiger partial charge on any atom is -0.307 e. The molecule has 0 aromatic carbocycles. The lowest BCUT2D eigenvalue weighted by atomic mass is 10.1. The Kier molecular flexibility index (Phi) is 2.86. The molecule has 0 N–H and O–H groups in total. The predicted octanol–water partition coefficient (Wildman–Crippen LogP) is 2.84. The van der Waals surface area contributed by atoms with Crippen molar-refractivity contribution in [3.8, 4) is 0 Å². The molecule has 0 aliphatic carbocycles. The quantitative estimate of drug-likeness (QED) is 0.808. The lowest BCUT2D eigenvalue weighted by Gasteiger charge is -2.19. The van der Waals surface area contributed by atoms with Gasteiger partial charge in [0.05, 0.1) is 5.69 Å². The first kappa shape index (κ1) is 11.7. The van der Waals surface area contributed by atoms with Crippen molar-refractivity contribution in [2.24, 2.45) is 0 Å². The van der Waals surface area contributed by atoms with Crippen LogP contribution in [0.3, 0.4) is 0 Å². The van der Waals surface area contributed by atoms with Gasteiger partial charge in [-0.3, -0.25) is 0 Å². The highest BCUT2D eigenvalue weighted by molar-refractivity contribution is 5.43. The Balaban J connectivity index is 1.87. The van der Waals surface area contributed by atoms with Gasteiger partial charge in [-0.1, -0.05) is 0 Å². The number of aromatic nitrogens is 2. The highest BCUT2D eigenvalue weighted by Crippen LogP contribution is 2.27. The molecule has 1 fully saturated rings. The smallest absolute Gasteiger partial charge is 0.137 e. The number of nitrogens with zero attached hydrogens (tertiary/aromatic N) is 3. The fourth-order valence-electron chi connectivity index (χ4n) is 2.80. The molecule has 1 atom stereocenters. The van der Waals surface area contributed by atoms with Crippen LogP contribution in [0.5, 0.6) is 0 Å². The zero-order chi connectivity index (χ0) is 12.7. The Labute approximate surface area is 108 Å². The molecule has 1 aliphatic heterocycles. The molecule has 1 unspecified atom stereocenters. The molecule has 2 aromatic rings. The van der Waals surface area contributed by atoms with Crippen LogP contribution in [0.2, 0.25) is 0 Å². The molecule has 18 heavy (non-hydrogen) atoms. The number of likely N-dealkylation sites (tertiary alicyclic amines) is 1. The van der Waals surface area contributed by atoms with Crippen LogP contribution >= 0.6 is 0 Å². The number of rotatable bonds is 2. The van der Waals surface area contributed by atoms with Crippen molar-refractivity contribution in [2.45, 2.75) is 39.2 Å². The Morgan fingerprint density at radius 1 is 1.39 bits per heavy atom. The normalized spacial score (nSPS) is 21.2. The molecule has 3 heteroatoms. The lowest BCUT2D eigenvalue weighted by Crippen LogP contribution is -2.27. The first-order valence-corrected chi connectivity index (χ1v) is 6.83. The number of hydrogen-bond donors (Lipinski definition) is 0. The van der Waals surface area contributed by atoms with Gasteiger partial charge in [-0.25, -0.2) is 4.98 Å². The summed E-state index contributed by atoms with van der Waals surface area (Å²) in [7, 11) is 0. The van der Waals surface area contributed by atoms with Crippen molar-refractivity contribution in [1.29, 1.82) is 0 Å². The van der Waals surface area contributed by atoms with Crippen LogP contribution in [0, 0.1) is 6.92 Å². The topological polar surface area (TPSA) is 20.5 Å². The summed E-state index contributed by atoms with van der Waals surface area (Å²) in [5.74, 6) is 0.604. The van der Waals surface area contributed by atoms with Crippen molar-refractivity contribution in [3.05, 3.63) is 35.8 Å². The van der Waals surface area contributed by atoms with Crippen molar-refractivity contribution in [3.63, 3.8) is 0 Å². The number of aryl methyl sites for hydroxylation is 1. The van der Waals surface area contributed by atoms with Gasteiger partial charge in [0.25, 0.3) is 0 Å². The lowest BCUT2D eigenvalue weighted by molar-refractivity contribution is 0.272. The fraction of sp³-hybridized carbons (Fsp3) is 0.533. The fourth-order valence-corrected chi connectivity index (χ4v) is 2.80. The zero-order valence-electron chi connectivity index (χ0n) is 11.4. The van der Waals surface area contributed by atoms with Gasteiger partial charge in [-0.15, -0.1) is 0 Å². The summed E-state index contributed by atoms with van der Waals surface area (Å²) in [6.45, 7) is 9.02. The number of fused-ring (bicyclic) bond motifs is 1. The molecule has 0 amide bonds. The third-order valence-electron chi connectivity index (χ3n) is 4.00. The first-order chi connectivity index (χ1) is 8.63. The van der Waals surface area contributed by atoms with Gasteiger partial charge >= 0.3 is 0 Å². The predicted molar refractivity (Wildman–Crippen MR) is 74.0 cm³/mol. The number of pyridine rings is 1. The number of imidazole rings is 1. The van der Waals surface area contributed by atoms with E-state index in [1.165, 1.54) is 24.2 Å². The van der Waals surface area contributed by atoms with Gasteiger partial charge in [0, 0.05) is 30.9 Å². The van der Waals surface area contributed by atoms with Crippen LogP contribution in [-0.4, -0.2) is 33.4 Å². The minimum atomic E-state index is 0.604. The maximum Gasteiger partial charge on any atom is 0.137 e. The van der Waals surface area contributed by atoms with Gasteiger partial charge in [0.2, 0.25) is 0 Å². The molecule has 0 bridgehead atoms. The van der Waals surface area contributed by atoms with Gasteiger partial charge in [-0.2, -0.15) is 0 Å². The molecule has 3 nitrogen and oxygen atoms in total. The molecule has 96 valence electrons. The molecule has 1 aliphatic rings. The Morgan fingerprint density at radius 2 is 2.22 bits per heavy atom. The number of hydrogen-bond acceptors (Lipinski definition) is 2. The van der Waals surface area contributed by atoms with E-state index >= 15 is 0 Å². The monoisotopic (exact) mass is 243 g/mol. The van der Waals surface area contributed by atoms with Gasteiger partial charge in [0.15, 0.2) is 0 Å². The summed E-state index contributed by atoms with van der Waals surface area (Å²) in [6, 6.07) is 4.93. The summed E-state index contributed by atoms with van der Waals surface area (Å²) >= 11 is 0. The van der Waals surface area contributed by atoms with E-state index < -0.39 is 0 Å². The summed E-state index contributed by atoms with van der Waals surface area (Å²) in [4.78, 5) is 7.33. The highest BCUT2D eigenvalue weighted by atomic mass is 15.2. The first-order valence-electron chi connectivity index (χ1n) is 6.83. The Morgan fingerprint density at radius 3 is 2.94 bits per heavy atom. The van der Waals surface area contributed by atoms with Crippen LogP contribution in [0.1, 0.15) is 37.4 Å². The van der Waals surface area contributed by atoms with Crippen molar-refractivity contribution >= 4 is 5.65 Å². The van der Waals surface area contributed by atoms with Crippen LogP contribution in [0.4, 0.5) is 0 Å². The molecule has 0 spiro atoms. The maximum absolute atomic E-state index is 4.79. The van der Waals surface area contributed by atoms with E-state index in [0.717, 1.165) is 12.2 Å². The van der Waals surface area contributed by atoms with E-state index in [1.54, 1.807) is 0 Å². The SMILES string of the molecule is Cc1ccn2cc(C3CCN(C(C)C)C3)nc2c1. The second-order valence-corrected chi connectivity index (χ2v) is 5.71. The molecule has 3 rings (SSSR count). The third kappa shape index (κ3) is 2.03. The van der Waals surface area contributed by atoms with Crippen LogP contribution in [0.15, 0.2) is 24.5 Å². The van der Waals surface area contributed by atoms with Gasteiger partial charge < -0.3 is 9.30 Å². The molecule has 1 saturated heterocycles. The summed E-state index contributed by atoms with van der Waals surface area (Å²) in [5, 5.41) is 0. The van der Waals surface area contributed by atoms with E-state index in [9.17, 15) is 0 Å². The zero-order valence-corrected chi connectivity index (χ0v) is 11.4. The van der Waals surface area contributed by atoms with Crippen LogP contribution in [-0.2, 0) is 0 Å². The summed E-state index contributed by atoms with van der Waals surface area (Å²) < 4.78 is 2.14. The largest absolute Gasteiger partial charge is 0.307 e. The molecule has 2 aromatic heterocycles. The third-order valence-corrected chi connectivity index (χ3v) is 4.00. The van der Waals surface area contributed by atoms with Crippen molar-refractivity contribution in [1.82, 2.24) is 14.3 Å². The molecule has 3 heterocycles. The van der Waals surface area contributed by atoms with Crippen LogP contribution in [0.25, 0.3) is 5.65 Å². The molecule has 0 radical (unpaired) electrons. The molecule has 0 saturated carbocycles. The summed E-state index contributed by atoms with van der Waals surface area (Å²) in [6.07, 6.45) is 5.54. The average molecular weight is 243 g/mol. The molecular weight excluding hydrogens is 222 g/mol. The van der Waals surface area contributed by atoms with E-state index in [-0.39, 0.29) is 0 Å². The minimum absolute atomic E-state index is 0.604. The highest BCUT2D eigenvalue weighted by Gasteiger charge is 2.27. The second-order valence-electron chi connectivity index (χ2n) is 5.71. The standard InChI is InChI=1S/C15H21N3/c1-11(2)17-7-5-13(9-17)14-10-18-6-4-12(3)8-15(18)16-14/h4,6,8,10-11,13H,5,7,9H2,1-3H3. The van der Waals surface area contributed by atoms with E-state index in [1.807, 2.05) is 0 Å². The second kappa shape index (κ2) is 4.39. The van der Waals surface area contributed by atoms with E-state index in [2.05, 4.69) is 54.6 Å². The molecular formula is C15H21N3. The van der Waals surface area contributed by atoms with Gasteiger partial charge in [0.1, 0.15) is 5.65 Å². The Hall–Kier alpha value is -1.35. The van der Waals surface area contributed by atoms with Crippen molar-refractivity contribution < 1.29 is 0 Å². The van der Waals surface area contributed by atoms with E-state index in [0.29, 0.717) is 12.0 Å². The average Bonchev–Trinajstić information content (AvgIpc) is 2.93.